The van der Waals surface area contributed by atoms with E-state index < -0.39 is 0 Å². The molecule has 0 radical (unpaired) electrons. The van der Waals surface area contributed by atoms with Gasteiger partial charge in [0, 0.05) is 25.2 Å². The third-order valence-corrected chi connectivity index (χ3v) is 5.27. The predicted octanol–water partition coefficient (Wildman–Crippen LogP) is 5.33. The van der Waals surface area contributed by atoms with E-state index in [1.807, 2.05) is 23.6 Å². The van der Waals surface area contributed by atoms with Gasteiger partial charge in [-0.05, 0) is 36.1 Å². The largest absolute Gasteiger partial charge is 0.368 e. The molecule has 0 spiro atoms. The molecule has 1 unspecified atom stereocenters. The maximum atomic E-state index is 12.0. The number of pyridine rings is 1. The van der Waals surface area contributed by atoms with Crippen LogP contribution in [0.1, 0.15) is 12.5 Å². The fourth-order valence-electron chi connectivity index (χ4n) is 2.45. The smallest absolute Gasteiger partial charge is 0.201 e. The average Bonchev–Trinajstić information content (AvgIpc) is 3.00. The Morgan fingerprint density at radius 3 is 2.65 bits per heavy atom. The minimum atomic E-state index is 0. The molecule has 2 aromatic heterocycles. The van der Waals surface area contributed by atoms with Crippen LogP contribution < -0.4 is 16.1 Å². The second-order valence-corrected chi connectivity index (χ2v) is 7.37. The first-order chi connectivity index (χ1) is 11.5. The molecular weight excluding hydrogens is 436 g/mol. The normalized spacial score (nSPS) is 11.5. The molecule has 2 heterocycles. The van der Waals surface area contributed by atoms with E-state index in [0.717, 1.165) is 28.1 Å². The quantitative estimate of drug-likeness (QED) is 0.471. The highest BCUT2D eigenvalue weighted by Gasteiger charge is 2.07. The van der Waals surface area contributed by atoms with Crippen LogP contribution in [0.5, 0.6) is 0 Å². The standard InChI is InChI=1S/C17H17Cl2N3OS.2ClH/c1-10(8-20-9-11-2-3-12(18)13(19)6-11)21-16-7-15(23)17-14(22-16)4-5-24-17;;/h2-7,10,20H,8-9H2,1H3,(H2,21,22,23);2*1H. The Morgan fingerprint density at radius 2 is 1.92 bits per heavy atom. The lowest BCUT2D eigenvalue weighted by Gasteiger charge is -2.16. The van der Waals surface area contributed by atoms with Crippen molar-refractivity contribution in [2.75, 3.05) is 11.9 Å². The summed E-state index contributed by atoms with van der Waals surface area (Å²) in [6, 6.07) is 9.27. The maximum absolute atomic E-state index is 12.0. The van der Waals surface area contributed by atoms with Crippen molar-refractivity contribution in [2.45, 2.75) is 19.5 Å². The van der Waals surface area contributed by atoms with Gasteiger partial charge in [-0.2, -0.15) is 0 Å². The summed E-state index contributed by atoms with van der Waals surface area (Å²) in [5.74, 6) is 0.731. The number of rotatable bonds is 6. The van der Waals surface area contributed by atoms with Crippen LogP contribution >= 0.6 is 59.4 Å². The molecule has 0 amide bonds. The Morgan fingerprint density at radius 1 is 1.15 bits per heavy atom. The fourth-order valence-corrected chi connectivity index (χ4v) is 3.54. The molecule has 9 heteroatoms. The summed E-state index contributed by atoms with van der Waals surface area (Å²) in [6.45, 7) is 3.49. The van der Waals surface area contributed by atoms with Gasteiger partial charge in [0.25, 0.3) is 0 Å². The van der Waals surface area contributed by atoms with Crippen LogP contribution in [0.25, 0.3) is 10.2 Å². The number of aromatic amines is 1. The third kappa shape index (κ3) is 5.78. The Bertz CT molecular complexity index is 912. The lowest BCUT2D eigenvalue weighted by Crippen LogP contribution is -2.30. The van der Waals surface area contributed by atoms with Gasteiger partial charge >= 0.3 is 0 Å². The molecule has 0 saturated carbocycles. The van der Waals surface area contributed by atoms with Gasteiger partial charge in [0.2, 0.25) is 5.43 Å². The van der Waals surface area contributed by atoms with E-state index in [1.165, 1.54) is 11.3 Å². The van der Waals surface area contributed by atoms with Crippen LogP contribution in [0.3, 0.4) is 0 Å². The average molecular weight is 455 g/mol. The monoisotopic (exact) mass is 453 g/mol. The van der Waals surface area contributed by atoms with Crippen LogP contribution in [0.4, 0.5) is 5.82 Å². The second kappa shape index (κ2) is 10.4. The van der Waals surface area contributed by atoms with Crippen molar-refractivity contribution in [2.24, 2.45) is 0 Å². The van der Waals surface area contributed by atoms with E-state index in [0.29, 0.717) is 16.6 Å². The van der Waals surface area contributed by atoms with Crippen molar-refractivity contribution >= 4 is 75.4 Å². The topological polar surface area (TPSA) is 56.9 Å². The van der Waals surface area contributed by atoms with Crippen molar-refractivity contribution in [3.8, 4) is 0 Å². The number of aromatic nitrogens is 1. The summed E-state index contributed by atoms with van der Waals surface area (Å²) in [4.78, 5) is 15.3. The summed E-state index contributed by atoms with van der Waals surface area (Å²) >= 11 is 13.4. The van der Waals surface area contributed by atoms with Gasteiger partial charge < -0.3 is 15.6 Å². The second-order valence-electron chi connectivity index (χ2n) is 5.64. The number of anilines is 1. The molecule has 0 bridgehead atoms. The number of benzene rings is 1. The molecule has 3 rings (SSSR count). The minimum Gasteiger partial charge on any atom is -0.368 e. The van der Waals surface area contributed by atoms with Gasteiger partial charge in [-0.3, -0.25) is 4.79 Å². The van der Waals surface area contributed by atoms with Gasteiger partial charge in [0.1, 0.15) is 5.82 Å². The summed E-state index contributed by atoms with van der Waals surface area (Å²) in [5.41, 5.74) is 1.98. The molecule has 3 N–H and O–H groups in total. The van der Waals surface area contributed by atoms with Crippen LogP contribution in [0, 0.1) is 0 Å². The first-order valence-corrected chi connectivity index (χ1v) is 9.18. The van der Waals surface area contributed by atoms with Crippen molar-refractivity contribution in [1.29, 1.82) is 0 Å². The van der Waals surface area contributed by atoms with Gasteiger partial charge in [-0.15, -0.1) is 36.2 Å². The third-order valence-electron chi connectivity index (χ3n) is 3.60. The minimum absolute atomic E-state index is 0. The summed E-state index contributed by atoms with van der Waals surface area (Å²) in [7, 11) is 0. The van der Waals surface area contributed by atoms with E-state index in [4.69, 9.17) is 23.2 Å². The van der Waals surface area contributed by atoms with Crippen LogP contribution in [-0.2, 0) is 6.54 Å². The Hall–Kier alpha value is -0.950. The molecule has 0 aliphatic heterocycles. The highest BCUT2D eigenvalue weighted by Crippen LogP contribution is 2.22. The molecule has 0 saturated heterocycles. The van der Waals surface area contributed by atoms with Gasteiger partial charge in [0.15, 0.2) is 0 Å². The molecule has 1 atom stereocenters. The molecule has 0 aliphatic rings. The number of H-pyrrole nitrogens is 1. The number of halogens is 4. The Balaban J connectivity index is 0.00000169. The SMILES string of the molecule is CC(CNCc1ccc(Cl)c(Cl)c1)Nc1cc(=O)c2sccc2[nH]1.Cl.Cl. The van der Waals surface area contributed by atoms with E-state index >= 15 is 0 Å². The van der Waals surface area contributed by atoms with E-state index in [2.05, 4.69) is 22.5 Å². The molecular formula is C17H19Cl4N3OS. The molecule has 0 aliphatic carbocycles. The number of hydrogen-bond donors (Lipinski definition) is 3. The Labute approximate surface area is 178 Å². The molecule has 1 aromatic carbocycles. The number of thiophene rings is 1. The number of fused-ring (bicyclic) bond motifs is 1. The van der Waals surface area contributed by atoms with Crippen molar-refractivity contribution < 1.29 is 0 Å². The molecule has 4 nitrogen and oxygen atoms in total. The van der Waals surface area contributed by atoms with Gasteiger partial charge in [-0.25, -0.2) is 0 Å². The molecule has 142 valence electrons. The molecule has 0 fully saturated rings. The zero-order valence-corrected chi connectivity index (χ0v) is 17.8. The lowest BCUT2D eigenvalue weighted by molar-refractivity contribution is 0.631. The van der Waals surface area contributed by atoms with E-state index in [-0.39, 0.29) is 36.3 Å². The maximum Gasteiger partial charge on any atom is 0.201 e. The van der Waals surface area contributed by atoms with Crippen LogP contribution in [0.15, 0.2) is 40.5 Å². The highest BCUT2D eigenvalue weighted by atomic mass is 35.5. The van der Waals surface area contributed by atoms with Crippen molar-refractivity contribution in [3.63, 3.8) is 0 Å². The summed E-state index contributed by atoms with van der Waals surface area (Å²) < 4.78 is 0.756. The zero-order chi connectivity index (χ0) is 17.1. The predicted molar refractivity (Wildman–Crippen MR) is 118 cm³/mol. The van der Waals surface area contributed by atoms with Crippen LogP contribution in [-0.4, -0.2) is 17.6 Å². The fraction of sp³-hybridized carbons (Fsp3) is 0.235. The van der Waals surface area contributed by atoms with E-state index in [9.17, 15) is 4.79 Å². The number of hydrogen-bond acceptors (Lipinski definition) is 4. The first kappa shape index (κ1) is 23.1. The van der Waals surface area contributed by atoms with Crippen molar-refractivity contribution in [3.05, 3.63) is 61.5 Å². The van der Waals surface area contributed by atoms with Gasteiger partial charge in [-0.1, -0.05) is 29.3 Å². The summed E-state index contributed by atoms with van der Waals surface area (Å²) in [6.07, 6.45) is 0. The summed E-state index contributed by atoms with van der Waals surface area (Å²) in [5, 5.41) is 9.70. The molecule has 26 heavy (non-hydrogen) atoms. The first-order valence-electron chi connectivity index (χ1n) is 7.54. The van der Waals surface area contributed by atoms with Gasteiger partial charge in [0.05, 0.1) is 20.3 Å². The highest BCUT2D eigenvalue weighted by molar-refractivity contribution is 7.17. The lowest BCUT2D eigenvalue weighted by atomic mass is 10.2. The zero-order valence-electron chi connectivity index (χ0n) is 13.8. The molecule has 3 aromatic rings. The van der Waals surface area contributed by atoms with E-state index in [1.54, 1.807) is 12.1 Å². The van der Waals surface area contributed by atoms with Crippen molar-refractivity contribution in [1.82, 2.24) is 10.3 Å². The Kier molecular flexibility index (Phi) is 9.24. The number of nitrogens with one attached hydrogen (secondary N) is 3. The van der Waals surface area contributed by atoms with Crippen LogP contribution in [0.2, 0.25) is 10.0 Å².